The Morgan fingerprint density at radius 3 is 2.79 bits per heavy atom. The normalized spacial score (nSPS) is 10.6. The van der Waals surface area contributed by atoms with E-state index in [0.717, 1.165) is 26.9 Å². The quantitative estimate of drug-likeness (QED) is 0.725. The summed E-state index contributed by atoms with van der Waals surface area (Å²) in [5.74, 6) is 0. The Balaban J connectivity index is 2.15. The molecule has 0 spiro atoms. The molecule has 0 aromatic carbocycles. The van der Waals surface area contributed by atoms with Crippen molar-refractivity contribution >= 4 is 38.3 Å². The van der Waals surface area contributed by atoms with Gasteiger partial charge in [-0.05, 0) is 40.2 Å². The minimum atomic E-state index is 0.864. The summed E-state index contributed by atoms with van der Waals surface area (Å²) >= 11 is 3.41. The molecule has 0 amide bonds. The maximum Gasteiger partial charge on any atom is 0.112 e. The van der Waals surface area contributed by atoms with Crippen LogP contribution < -0.4 is 4.90 Å². The Hall–Kier alpha value is -2.01. The van der Waals surface area contributed by atoms with Crippen molar-refractivity contribution < 1.29 is 0 Å². The van der Waals surface area contributed by atoms with Gasteiger partial charge in [0.25, 0.3) is 0 Å². The van der Waals surface area contributed by atoms with E-state index in [1.54, 1.807) is 18.6 Å². The first-order valence-electron chi connectivity index (χ1n) is 5.80. The number of fused-ring (bicyclic) bond motifs is 1. The number of anilines is 2. The second-order valence-corrected chi connectivity index (χ2v) is 5.04. The highest BCUT2D eigenvalue weighted by atomic mass is 79.9. The first-order chi connectivity index (χ1) is 9.25. The van der Waals surface area contributed by atoms with Crippen LogP contribution >= 0.6 is 15.9 Å². The van der Waals surface area contributed by atoms with Crippen LogP contribution in [0, 0.1) is 0 Å². The van der Waals surface area contributed by atoms with Gasteiger partial charge in [-0.3, -0.25) is 15.0 Å². The number of hydrogen-bond donors (Lipinski definition) is 0. The van der Waals surface area contributed by atoms with Crippen molar-refractivity contribution in [3.63, 3.8) is 0 Å². The molecule has 19 heavy (non-hydrogen) atoms. The lowest BCUT2D eigenvalue weighted by Gasteiger charge is -2.19. The average molecular weight is 315 g/mol. The van der Waals surface area contributed by atoms with Gasteiger partial charge in [-0.1, -0.05) is 0 Å². The molecule has 3 heterocycles. The summed E-state index contributed by atoms with van der Waals surface area (Å²) in [5.41, 5.74) is 3.75. The summed E-state index contributed by atoms with van der Waals surface area (Å²) in [5, 5.41) is 0. The van der Waals surface area contributed by atoms with Gasteiger partial charge < -0.3 is 4.90 Å². The van der Waals surface area contributed by atoms with Gasteiger partial charge in [0.2, 0.25) is 0 Å². The van der Waals surface area contributed by atoms with Gasteiger partial charge >= 0.3 is 0 Å². The maximum atomic E-state index is 4.46. The van der Waals surface area contributed by atoms with Crippen LogP contribution in [-0.2, 0) is 0 Å². The minimum absolute atomic E-state index is 0.864. The van der Waals surface area contributed by atoms with Gasteiger partial charge in [-0.2, -0.15) is 0 Å². The van der Waals surface area contributed by atoms with Gasteiger partial charge in [-0.25, -0.2) is 0 Å². The van der Waals surface area contributed by atoms with Gasteiger partial charge in [0.15, 0.2) is 0 Å². The molecule has 4 nitrogen and oxygen atoms in total. The molecule has 0 aliphatic carbocycles. The lowest BCUT2D eigenvalue weighted by Crippen LogP contribution is -2.10. The van der Waals surface area contributed by atoms with Crippen molar-refractivity contribution in [2.45, 2.75) is 0 Å². The molecule has 3 aromatic heterocycles. The fraction of sp³-hybridized carbons (Fsp3) is 0.0714. The van der Waals surface area contributed by atoms with E-state index >= 15 is 0 Å². The number of pyridine rings is 3. The predicted octanol–water partition coefficient (Wildman–Crippen LogP) is 3.56. The lowest BCUT2D eigenvalue weighted by atomic mass is 10.2. The highest BCUT2D eigenvalue weighted by Crippen LogP contribution is 2.29. The first-order valence-corrected chi connectivity index (χ1v) is 6.59. The van der Waals surface area contributed by atoms with Gasteiger partial charge in [0.1, 0.15) is 5.52 Å². The van der Waals surface area contributed by atoms with Crippen LogP contribution in [0.3, 0.4) is 0 Å². The number of rotatable bonds is 2. The second kappa shape index (κ2) is 4.93. The Labute approximate surface area is 119 Å². The Morgan fingerprint density at radius 1 is 1.11 bits per heavy atom. The Bertz CT molecular complexity index is 715. The second-order valence-electron chi connectivity index (χ2n) is 4.12. The molecule has 0 N–H and O–H groups in total. The standard InChI is InChI=1S/C14H11BrN4/c1-19(11-3-2-5-16-9-11)13-4-6-17-12-7-10(15)8-18-14(12)13/h2-9H,1H3. The number of hydrogen-bond acceptors (Lipinski definition) is 4. The van der Waals surface area contributed by atoms with E-state index in [9.17, 15) is 0 Å². The summed E-state index contributed by atoms with van der Waals surface area (Å²) in [6, 6.07) is 7.84. The molecule has 0 bridgehead atoms. The molecule has 0 fully saturated rings. The third kappa shape index (κ3) is 2.29. The molecule has 3 rings (SSSR count). The van der Waals surface area contributed by atoms with Crippen molar-refractivity contribution in [3.8, 4) is 0 Å². The zero-order chi connectivity index (χ0) is 13.2. The van der Waals surface area contributed by atoms with Crippen LogP contribution in [0.1, 0.15) is 0 Å². The molecular weight excluding hydrogens is 304 g/mol. The average Bonchev–Trinajstić information content (AvgIpc) is 2.46. The van der Waals surface area contributed by atoms with E-state index in [1.165, 1.54) is 0 Å². The number of aromatic nitrogens is 3. The Kier molecular flexibility index (Phi) is 3.13. The largest absolute Gasteiger partial charge is 0.341 e. The SMILES string of the molecule is CN(c1cccnc1)c1ccnc2cc(Br)cnc12. The number of halogens is 1. The van der Waals surface area contributed by atoms with E-state index in [1.807, 2.05) is 37.5 Å². The van der Waals surface area contributed by atoms with E-state index in [0.29, 0.717) is 0 Å². The molecule has 5 heteroatoms. The van der Waals surface area contributed by atoms with Crippen molar-refractivity contribution in [2.75, 3.05) is 11.9 Å². The van der Waals surface area contributed by atoms with E-state index in [4.69, 9.17) is 0 Å². The van der Waals surface area contributed by atoms with Crippen molar-refractivity contribution in [1.82, 2.24) is 15.0 Å². The molecule has 0 aliphatic rings. The molecule has 94 valence electrons. The highest BCUT2D eigenvalue weighted by molar-refractivity contribution is 9.10. The summed E-state index contributed by atoms with van der Waals surface area (Å²) in [7, 11) is 2.00. The zero-order valence-corrected chi connectivity index (χ0v) is 11.9. The van der Waals surface area contributed by atoms with E-state index in [2.05, 4.69) is 35.8 Å². The molecular formula is C14H11BrN4. The maximum absolute atomic E-state index is 4.46. The summed E-state index contributed by atoms with van der Waals surface area (Å²) in [4.78, 5) is 15.0. The fourth-order valence-electron chi connectivity index (χ4n) is 1.95. The van der Waals surface area contributed by atoms with E-state index in [-0.39, 0.29) is 0 Å². The fourth-order valence-corrected chi connectivity index (χ4v) is 2.27. The van der Waals surface area contributed by atoms with Crippen LogP contribution in [0.25, 0.3) is 11.0 Å². The third-order valence-electron chi connectivity index (χ3n) is 2.92. The van der Waals surface area contributed by atoms with E-state index < -0.39 is 0 Å². The summed E-state index contributed by atoms with van der Waals surface area (Å²) in [6.45, 7) is 0. The third-order valence-corrected chi connectivity index (χ3v) is 3.35. The minimum Gasteiger partial charge on any atom is -0.341 e. The topological polar surface area (TPSA) is 41.9 Å². The summed E-state index contributed by atoms with van der Waals surface area (Å²) < 4.78 is 0.925. The summed E-state index contributed by atoms with van der Waals surface area (Å²) in [6.07, 6.45) is 7.16. The smallest absolute Gasteiger partial charge is 0.112 e. The molecule has 0 aliphatic heterocycles. The van der Waals surface area contributed by atoms with Crippen molar-refractivity contribution in [2.24, 2.45) is 0 Å². The molecule has 0 unspecified atom stereocenters. The number of nitrogens with zero attached hydrogens (tertiary/aromatic N) is 4. The molecule has 0 saturated heterocycles. The zero-order valence-electron chi connectivity index (χ0n) is 10.3. The molecule has 0 atom stereocenters. The van der Waals surface area contributed by atoms with Crippen LogP contribution in [0.5, 0.6) is 0 Å². The lowest BCUT2D eigenvalue weighted by molar-refractivity contribution is 1.17. The van der Waals surface area contributed by atoms with Crippen LogP contribution in [-0.4, -0.2) is 22.0 Å². The van der Waals surface area contributed by atoms with Gasteiger partial charge in [0.05, 0.1) is 23.1 Å². The monoisotopic (exact) mass is 314 g/mol. The first kappa shape index (κ1) is 12.0. The Morgan fingerprint density at radius 2 is 2.00 bits per heavy atom. The van der Waals surface area contributed by atoms with Crippen LogP contribution in [0.2, 0.25) is 0 Å². The van der Waals surface area contributed by atoms with Crippen LogP contribution in [0.15, 0.2) is 53.5 Å². The molecule has 0 radical (unpaired) electrons. The molecule has 0 saturated carbocycles. The van der Waals surface area contributed by atoms with Crippen molar-refractivity contribution in [3.05, 3.63) is 53.5 Å². The van der Waals surface area contributed by atoms with Gasteiger partial charge in [-0.15, -0.1) is 0 Å². The highest BCUT2D eigenvalue weighted by Gasteiger charge is 2.10. The van der Waals surface area contributed by atoms with Crippen LogP contribution in [0.4, 0.5) is 11.4 Å². The molecule has 3 aromatic rings. The predicted molar refractivity (Wildman–Crippen MR) is 79.5 cm³/mol. The van der Waals surface area contributed by atoms with Gasteiger partial charge in [0, 0.05) is 30.1 Å². The van der Waals surface area contributed by atoms with Crippen molar-refractivity contribution in [1.29, 1.82) is 0 Å².